The van der Waals surface area contributed by atoms with Gasteiger partial charge in [-0.1, -0.05) is 19.3 Å². The Morgan fingerprint density at radius 3 is 2.38 bits per heavy atom. The molecule has 0 heterocycles. The molecule has 2 amide bonds. The largest absolute Gasteiger partial charge is 0.352 e. The molecule has 142 valence electrons. The van der Waals surface area contributed by atoms with E-state index >= 15 is 0 Å². The first kappa shape index (κ1) is 18.9. The van der Waals surface area contributed by atoms with E-state index in [-0.39, 0.29) is 17.7 Å². The Morgan fingerprint density at radius 1 is 1.04 bits per heavy atom. The monoisotopic (exact) mass is 357 g/mol. The summed E-state index contributed by atoms with van der Waals surface area (Å²) in [5, 5.41) is 5.88. The number of hydrogen-bond acceptors (Lipinski definition) is 3. The molecule has 3 rings (SSSR count). The van der Waals surface area contributed by atoms with E-state index in [0.717, 1.165) is 37.5 Å². The van der Waals surface area contributed by atoms with Gasteiger partial charge in [-0.2, -0.15) is 0 Å². The highest BCUT2D eigenvalue weighted by molar-refractivity contribution is 5.96. The molecule has 2 aliphatic rings. The van der Waals surface area contributed by atoms with Crippen molar-refractivity contribution in [3.63, 3.8) is 0 Å². The van der Waals surface area contributed by atoms with Gasteiger partial charge in [-0.15, -0.1) is 0 Å². The third-order valence-corrected chi connectivity index (χ3v) is 5.53. The maximum atomic E-state index is 12.2. The normalized spacial score (nSPS) is 17.9. The molecular weight excluding hydrogens is 326 g/mol. The summed E-state index contributed by atoms with van der Waals surface area (Å²) < 4.78 is 0. The molecule has 0 saturated heterocycles. The smallest absolute Gasteiger partial charge is 0.251 e. The van der Waals surface area contributed by atoms with Gasteiger partial charge in [0, 0.05) is 29.8 Å². The highest BCUT2D eigenvalue weighted by Crippen LogP contribution is 2.30. The van der Waals surface area contributed by atoms with Crippen molar-refractivity contribution < 1.29 is 9.59 Å². The Balaban J connectivity index is 1.35. The third kappa shape index (κ3) is 5.56. The van der Waals surface area contributed by atoms with Crippen molar-refractivity contribution in [2.45, 2.75) is 57.4 Å². The lowest BCUT2D eigenvalue weighted by atomic mass is 9.94. The number of anilines is 1. The number of hydrogen-bond donors (Lipinski definition) is 2. The summed E-state index contributed by atoms with van der Waals surface area (Å²) in [6.45, 7) is 1.72. The van der Waals surface area contributed by atoms with Crippen LogP contribution in [0.4, 0.5) is 5.69 Å². The van der Waals surface area contributed by atoms with E-state index < -0.39 is 0 Å². The molecule has 0 spiro atoms. The molecule has 0 bridgehead atoms. The molecule has 0 atom stereocenters. The number of amides is 2. The number of nitrogens with zero attached hydrogens (tertiary/aromatic N) is 1. The fourth-order valence-corrected chi connectivity index (χ4v) is 3.63. The van der Waals surface area contributed by atoms with Crippen LogP contribution in [-0.2, 0) is 4.79 Å². The summed E-state index contributed by atoms with van der Waals surface area (Å²) in [4.78, 5) is 26.4. The van der Waals surface area contributed by atoms with Crippen molar-refractivity contribution in [2.24, 2.45) is 5.92 Å². The Hall–Kier alpha value is -1.88. The molecule has 5 heteroatoms. The molecule has 5 nitrogen and oxygen atoms in total. The van der Waals surface area contributed by atoms with Gasteiger partial charge in [-0.25, -0.2) is 0 Å². The second-order valence-electron chi connectivity index (χ2n) is 7.72. The molecule has 2 fully saturated rings. The van der Waals surface area contributed by atoms with Gasteiger partial charge in [0.25, 0.3) is 5.91 Å². The summed E-state index contributed by atoms with van der Waals surface area (Å²) in [5.74, 6) is 0.222. The minimum absolute atomic E-state index is 0.0506. The molecule has 0 aliphatic heterocycles. The van der Waals surface area contributed by atoms with E-state index in [1.165, 1.54) is 32.1 Å². The Morgan fingerprint density at radius 2 is 1.73 bits per heavy atom. The molecular formula is C21H31N3O2. The van der Waals surface area contributed by atoms with Crippen LogP contribution in [-0.4, -0.2) is 42.9 Å². The predicted molar refractivity (Wildman–Crippen MR) is 104 cm³/mol. The maximum Gasteiger partial charge on any atom is 0.251 e. The van der Waals surface area contributed by atoms with Gasteiger partial charge < -0.3 is 15.5 Å². The molecule has 0 radical (unpaired) electrons. The minimum Gasteiger partial charge on any atom is -0.352 e. The first-order valence-electron chi connectivity index (χ1n) is 10.0. The number of rotatable bonds is 8. The zero-order valence-electron chi connectivity index (χ0n) is 15.8. The molecule has 26 heavy (non-hydrogen) atoms. The Kier molecular flexibility index (Phi) is 6.67. The van der Waals surface area contributed by atoms with E-state index in [0.29, 0.717) is 12.1 Å². The average Bonchev–Trinajstić information content (AvgIpc) is 3.51. The Labute approximate surface area is 156 Å². The molecule has 2 saturated carbocycles. The number of carbonyl (C=O) groups is 2. The van der Waals surface area contributed by atoms with Crippen molar-refractivity contribution >= 4 is 17.5 Å². The number of benzene rings is 1. The molecule has 2 aliphatic carbocycles. The molecule has 0 unspecified atom stereocenters. The van der Waals surface area contributed by atoms with Crippen LogP contribution < -0.4 is 10.6 Å². The maximum absolute atomic E-state index is 12.2. The lowest BCUT2D eigenvalue weighted by Crippen LogP contribution is -2.35. The van der Waals surface area contributed by atoms with Crippen LogP contribution in [0.5, 0.6) is 0 Å². The molecule has 1 aromatic rings. The van der Waals surface area contributed by atoms with Gasteiger partial charge in [0.15, 0.2) is 0 Å². The van der Waals surface area contributed by atoms with Crippen LogP contribution in [0.15, 0.2) is 24.3 Å². The highest BCUT2D eigenvalue weighted by Gasteiger charge is 2.29. The lowest BCUT2D eigenvalue weighted by Gasteiger charge is -2.31. The zero-order valence-corrected chi connectivity index (χ0v) is 15.8. The molecule has 0 aromatic heterocycles. The standard InChI is InChI=1S/C21H31N3O2/c1-24(19-6-3-2-4-7-19)15-5-14-22-20(25)16-10-12-18(13-11-16)23-21(26)17-8-9-17/h10-13,17,19H,2-9,14-15H2,1H3,(H,22,25)(H,23,26). The average molecular weight is 357 g/mol. The van der Waals surface area contributed by atoms with Gasteiger partial charge in [0.1, 0.15) is 0 Å². The van der Waals surface area contributed by atoms with Crippen LogP contribution in [0.25, 0.3) is 0 Å². The summed E-state index contributed by atoms with van der Waals surface area (Å²) in [7, 11) is 2.20. The minimum atomic E-state index is -0.0506. The van der Waals surface area contributed by atoms with Crippen molar-refractivity contribution in [2.75, 3.05) is 25.5 Å². The van der Waals surface area contributed by atoms with Crippen molar-refractivity contribution in [3.05, 3.63) is 29.8 Å². The van der Waals surface area contributed by atoms with Crippen LogP contribution in [0, 0.1) is 5.92 Å². The number of carbonyl (C=O) groups excluding carboxylic acids is 2. The summed E-state index contributed by atoms with van der Waals surface area (Å²) in [6, 6.07) is 7.86. The van der Waals surface area contributed by atoms with Crippen LogP contribution in [0.1, 0.15) is 61.7 Å². The van der Waals surface area contributed by atoms with Crippen molar-refractivity contribution in [1.29, 1.82) is 0 Å². The third-order valence-electron chi connectivity index (χ3n) is 5.53. The second-order valence-corrected chi connectivity index (χ2v) is 7.72. The molecule has 1 aromatic carbocycles. The van der Waals surface area contributed by atoms with E-state index in [1.54, 1.807) is 24.3 Å². The first-order valence-corrected chi connectivity index (χ1v) is 10.0. The van der Waals surface area contributed by atoms with Gasteiger partial charge in [0.05, 0.1) is 0 Å². The lowest BCUT2D eigenvalue weighted by molar-refractivity contribution is -0.117. The van der Waals surface area contributed by atoms with Crippen molar-refractivity contribution in [1.82, 2.24) is 10.2 Å². The van der Waals surface area contributed by atoms with Crippen LogP contribution in [0.3, 0.4) is 0 Å². The van der Waals surface area contributed by atoms with E-state index in [1.807, 2.05) is 0 Å². The zero-order chi connectivity index (χ0) is 18.4. The quantitative estimate of drug-likeness (QED) is 0.701. The fraction of sp³-hybridized carbons (Fsp3) is 0.619. The predicted octanol–water partition coefficient (Wildman–Crippen LogP) is 3.42. The topological polar surface area (TPSA) is 61.4 Å². The Bertz CT molecular complexity index is 604. The van der Waals surface area contributed by atoms with Gasteiger partial charge in [-0.3, -0.25) is 9.59 Å². The molecule has 2 N–H and O–H groups in total. The van der Waals surface area contributed by atoms with E-state index in [4.69, 9.17) is 0 Å². The number of nitrogens with one attached hydrogen (secondary N) is 2. The second kappa shape index (κ2) is 9.17. The summed E-state index contributed by atoms with van der Waals surface area (Å²) in [5.41, 5.74) is 1.39. The van der Waals surface area contributed by atoms with Crippen LogP contribution in [0.2, 0.25) is 0 Å². The van der Waals surface area contributed by atoms with Gasteiger partial charge in [0.2, 0.25) is 5.91 Å². The highest BCUT2D eigenvalue weighted by atomic mass is 16.2. The van der Waals surface area contributed by atoms with E-state index in [9.17, 15) is 9.59 Å². The van der Waals surface area contributed by atoms with Gasteiger partial charge >= 0.3 is 0 Å². The summed E-state index contributed by atoms with van der Waals surface area (Å²) in [6.07, 6.45) is 9.65. The van der Waals surface area contributed by atoms with Crippen LogP contribution >= 0.6 is 0 Å². The SMILES string of the molecule is CN(CCCNC(=O)c1ccc(NC(=O)C2CC2)cc1)C1CCCCC1. The first-order chi connectivity index (χ1) is 12.6. The van der Waals surface area contributed by atoms with Crippen molar-refractivity contribution in [3.8, 4) is 0 Å². The van der Waals surface area contributed by atoms with Gasteiger partial charge in [-0.05, 0) is 70.0 Å². The summed E-state index contributed by atoms with van der Waals surface area (Å²) >= 11 is 0. The van der Waals surface area contributed by atoms with E-state index in [2.05, 4.69) is 22.6 Å². The fourth-order valence-electron chi connectivity index (χ4n) is 3.63.